The molecular formula is C17H25N3OS. The van der Waals surface area contributed by atoms with Crippen molar-refractivity contribution in [3.63, 3.8) is 0 Å². The molecule has 1 aliphatic carbocycles. The van der Waals surface area contributed by atoms with Gasteiger partial charge in [-0.3, -0.25) is 5.43 Å². The fourth-order valence-electron chi connectivity index (χ4n) is 2.57. The Balaban J connectivity index is 1.80. The molecule has 1 fully saturated rings. The normalized spacial score (nSPS) is 16.0. The van der Waals surface area contributed by atoms with Crippen LogP contribution in [0.3, 0.4) is 0 Å². The minimum atomic E-state index is 0.164. The summed E-state index contributed by atoms with van der Waals surface area (Å²) in [5.74, 6) is 0.849. The molecule has 0 saturated heterocycles. The Morgan fingerprint density at radius 2 is 2.09 bits per heavy atom. The maximum atomic E-state index is 5.66. The third-order valence-electron chi connectivity index (χ3n) is 3.55. The lowest BCUT2D eigenvalue weighted by Crippen LogP contribution is -2.40. The number of nitrogens with zero attached hydrogens (tertiary/aromatic N) is 1. The standard InChI is InChI=1S/C17H25N3OS/c1-13(2)21-16-10-6-7-14(11-16)12-18-20-17(22)19-15-8-4-3-5-9-15/h6-7,10-13,15H,3-5,8-9H2,1-2H3,(H2,19,20,22)/b18-12-. The second-order valence-electron chi connectivity index (χ2n) is 5.92. The van der Waals surface area contributed by atoms with Crippen LogP contribution in [-0.2, 0) is 0 Å². The monoisotopic (exact) mass is 319 g/mol. The van der Waals surface area contributed by atoms with Gasteiger partial charge in [0.1, 0.15) is 5.75 Å². The molecule has 1 aliphatic rings. The van der Waals surface area contributed by atoms with Crippen molar-refractivity contribution in [2.24, 2.45) is 5.10 Å². The van der Waals surface area contributed by atoms with Crippen LogP contribution in [0.15, 0.2) is 29.4 Å². The molecule has 0 radical (unpaired) electrons. The van der Waals surface area contributed by atoms with Crippen molar-refractivity contribution in [2.75, 3.05) is 0 Å². The number of hydrogen-bond donors (Lipinski definition) is 2. The highest BCUT2D eigenvalue weighted by atomic mass is 32.1. The van der Waals surface area contributed by atoms with Crippen LogP contribution in [0.4, 0.5) is 0 Å². The molecule has 0 unspecified atom stereocenters. The number of rotatable bonds is 5. The molecule has 5 heteroatoms. The lowest BCUT2D eigenvalue weighted by molar-refractivity contribution is 0.242. The quantitative estimate of drug-likeness (QED) is 0.494. The van der Waals surface area contributed by atoms with E-state index >= 15 is 0 Å². The van der Waals surface area contributed by atoms with Crippen molar-refractivity contribution in [1.82, 2.24) is 10.7 Å². The molecule has 2 N–H and O–H groups in total. The van der Waals surface area contributed by atoms with Crippen LogP contribution in [0.25, 0.3) is 0 Å². The summed E-state index contributed by atoms with van der Waals surface area (Å²) < 4.78 is 5.66. The van der Waals surface area contributed by atoms with Crippen molar-refractivity contribution in [3.05, 3.63) is 29.8 Å². The van der Waals surface area contributed by atoms with Crippen LogP contribution in [0, 0.1) is 0 Å². The average molecular weight is 319 g/mol. The van der Waals surface area contributed by atoms with E-state index in [0.29, 0.717) is 11.2 Å². The highest BCUT2D eigenvalue weighted by Crippen LogP contribution is 2.17. The van der Waals surface area contributed by atoms with E-state index in [4.69, 9.17) is 17.0 Å². The first-order valence-corrected chi connectivity index (χ1v) is 8.40. The van der Waals surface area contributed by atoms with E-state index in [1.807, 2.05) is 38.1 Å². The van der Waals surface area contributed by atoms with Gasteiger partial charge in [0.2, 0.25) is 0 Å². The van der Waals surface area contributed by atoms with Gasteiger partial charge in [0, 0.05) is 6.04 Å². The molecule has 4 nitrogen and oxygen atoms in total. The Morgan fingerprint density at radius 3 is 2.82 bits per heavy atom. The maximum absolute atomic E-state index is 5.66. The fraction of sp³-hybridized carbons (Fsp3) is 0.529. The third-order valence-corrected chi connectivity index (χ3v) is 3.76. The third kappa shape index (κ3) is 6.02. The first-order valence-electron chi connectivity index (χ1n) is 8.00. The largest absolute Gasteiger partial charge is 0.491 e. The highest BCUT2D eigenvalue weighted by Gasteiger charge is 2.13. The fourth-order valence-corrected chi connectivity index (χ4v) is 2.79. The van der Waals surface area contributed by atoms with Crippen molar-refractivity contribution in [2.45, 2.75) is 58.1 Å². The lowest BCUT2D eigenvalue weighted by Gasteiger charge is -2.23. The van der Waals surface area contributed by atoms with Crippen LogP contribution < -0.4 is 15.5 Å². The van der Waals surface area contributed by atoms with Gasteiger partial charge in [0.25, 0.3) is 0 Å². The van der Waals surface area contributed by atoms with Gasteiger partial charge >= 0.3 is 0 Å². The van der Waals surface area contributed by atoms with Gasteiger partial charge in [0.15, 0.2) is 5.11 Å². The summed E-state index contributed by atoms with van der Waals surface area (Å²) in [5, 5.41) is 8.11. The van der Waals surface area contributed by atoms with E-state index in [-0.39, 0.29) is 6.10 Å². The van der Waals surface area contributed by atoms with Crippen molar-refractivity contribution in [3.8, 4) is 5.75 Å². The van der Waals surface area contributed by atoms with E-state index in [1.54, 1.807) is 6.21 Å². The zero-order valence-corrected chi connectivity index (χ0v) is 14.2. The van der Waals surface area contributed by atoms with E-state index in [1.165, 1.54) is 32.1 Å². The Labute approximate surface area is 138 Å². The first-order chi connectivity index (χ1) is 10.6. The molecule has 2 rings (SSSR count). The molecule has 0 amide bonds. The second kappa shape index (κ2) is 8.73. The van der Waals surface area contributed by atoms with Crippen molar-refractivity contribution in [1.29, 1.82) is 0 Å². The van der Waals surface area contributed by atoms with Gasteiger partial charge in [-0.15, -0.1) is 0 Å². The first kappa shape index (κ1) is 16.7. The number of hydrazone groups is 1. The van der Waals surface area contributed by atoms with E-state index < -0.39 is 0 Å². The van der Waals surface area contributed by atoms with Crippen LogP contribution in [0.5, 0.6) is 5.75 Å². The Morgan fingerprint density at radius 1 is 1.32 bits per heavy atom. The van der Waals surface area contributed by atoms with Crippen LogP contribution in [-0.4, -0.2) is 23.5 Å². The average Bonchev–Trinajstić information content (AvgIpc) is 2.48. The Kier molecular flexibility index (Phi) is 6.65. The van der Waals surface area contributed by atoms with Gasteiger partial charge < -0.3 is 10.1 Å². The minimum Gasteiger partial charge on any atom is -0.491 e. The SMILES string of the molecule is CC(C)Oc1cccc(/C=N\NC(=S)NC2CCCCC2)c1. The predicted molar refractivity (Wildman–Crippen MR) is 95.5 cm³/mol. The molecule has 0 bridgehead atoms. The smallest absolute Gasteiger partial charge is 0.187 e. The molecule has 0 aliphatic heterocycles. The zero-order valence-electron chi connectivity index (χ0n) is 13.3. The molecular weight excluding hydrogens is 294 g/mol. The molecule has 1 aromatic carbocycles. The van der Waals surface area contributed by atoms with Gasteiger partial charge in [-0.05, 0) is 56.6 Å². The number of hydrogen-bond acceptors (Lipinski definition) is 3. The van der Waals surface area contributed by atoms with Gasteiger partial charge in [-0.1, -0.05) is 31.4 Å². The van der Waals surface area contributed by atoms with Crippen LogP contribution in [0.2, 0.25) is 0 Å². The van der Waals surface area contributed by atoms with Crippen LogP contribution >= 0.6 is 12.2 Å². The number of thiocarbonyl (C=S) groups is 1. The second-order valence-corrected chi connectivity index (χ2v) is 6.33. The van der Waals surface area contributed by atoms with Gasteiger partial charge in [-0.2, -0.15) is 5.10 Å². The minimum absolute atomic E-state index is 0.164. The van der Waals surface area contributed by atoms with Crippen molar-refractivity contribution < 1.29 is 4.74 Å². The highest BCUT2D eigenvalue weighted by molar-refractivity contribution is 7.80. The Hall–Kier alpha value is -1.62. The molecule has 0 heterocycles. The molecule has 120 valence electrons. The summed E-state index contributed by atoms with van der Waals surface area (Å²) in [6.45, 7) is 4.02. The molecule has 22 heavy (non-hydrogen) atoms. The summed E-state index contributed by atoms with van der Waals surface area (Å²) >= 11 is 5.27. The van der Waals surface area contributed by atoms with Crippen molar-refractivity contribution >= 4 is 23.5 Å². The number of nitrogens with one attached hydrogen (secondary N) is 2. The summed E-state index contributed by atoms with van der Waals surface area (Å²) in [6.07, 6.45) is 8.21. The maximum Gasteiger partial charge on any atom is 0.187 e. The van der Waals surface area contributed by atoms with E-state index in [0.717, 1.165) is 11.3 Å². The lowest BCUT2D eigenvalue weighted by atomic mass is 9.96. The molecule has 0 spiro atoms. The summed E-state index contributed by atoms with van der Waals surface area (Å²) in [7, 11) is 0. The Bertz CT molecular complexity index is 510. The summed E-state index contributed by atoms with van der Waals surface area (Å²) in [4.78, 5) is 0. The summed E-state index contributed by atoms with van der Waals surface area (Å²) in [6, 6.07) is 8.34. The molecule has 0 atom stereocenters. The number of ether oxygens (including phenoxy) is 1. The van der Waals surface area contributed by atoms with Gasteiger partial charge in [0.05, 0.1) is 12.3 Å². The van der Waals surface area contributed by atoms with E-state index in [9.17, 15) is 0 Å². The van der Waals surface area contributed by atoms with Crippen LogP contribution in [0.1, 0.15) is 51.5 Å². The molecule has 0 aromatic heterocycles. The number of benzene rings is 1. The molecule has 1 saturated carbocycles. The van der Waals surface area contributed by atoms with Gasteiger partial charge in [-0.25, -0.2) is 0 Å². The predicted octanol–water partition coefficient (Wildman–Crippen LogP) is 3.60. The van der Waals surface area contributed by atoms with E-state index in [2.05, 4.69) is 15.8 Å². The zero-order chi connectivity index (χ0) is 15.8. The topological polar surface area (TPSA) is 45.6 Å². The molecule has 1 aromatic rings. The summed E-state index contributed by atoms with van der Waals surface area (Å²) in [5.41, 5.74) is 3.87.